The lowest BCUT2D eigenvalue weighted by Gasteiger charge is -2.29. The molecule has 0 heterocycles. The number of amides is 7. The summed E-state index contributed by atoms with van der Waals surface area (Å²) in [6, 6.07) is 5.02. The van der Waals surface area contributed by atoms with Gasteiger partial charge in [0.2, 0.25) is 41.4 Å². The number of carboxylic acid groups (broad SMARTS) is 4. The first-order valence-corrected chi connectivity index (χ1v) is 22.7. The summed E-state index contributed by atoms with van der Waals surface area (Å²) in [5.74, 6) is -12.9. The summed E-state index contributed by atoms with van der Waals surface area (Å²) in [7, 11) is 0. The van der Waals surface area contributed by atoms with Crippen molar-refractivity contribution in [2.24, 2.45) is 17.6 Å². The fourth-order valence-electron chi connectivity index (χ4n) is 6.86. The van der Waals surface area contributed by atoms with Crippen LogP contribution in [0, 0.1) is 11.8 Å². The molecule has 0 bridgehead atoms. The number of benzene rings is 2. The molecule has 0 saturated carbocycles. The third-order valence-corrected chi connectivity index (χ3v) is 10.7. The Balaban J connectivity index is 2.46. The Kier molecular flexibility index (Phi) is 24.7. The van der Waals surface area contributed by atoms with Crippen molar-refractivity contribution in [3.63, 3.8) is 0 Å². The molecule has 2 aromatic carbocycles. The predicted molar refractivity (Wildman–Crippen MR) is 250 cm³/mol. The van der Waals surface area contributed by atoms with E-state index in [0.717, 1.165) is 0 Å². The summed E-state index contributed by atoms with van der Waals surface area (Å²) in [6.45, 7) is 8.03. The van der Waals surface area contributed by atoms with E-state index in [1.807, 2.05) is 0 Å². The Morgan fingerprint density at radius 1 is 0.429 bits per heavy atom. The van der Waals surface area contributed by atoms with Crippen LogP contribution < -0.4 is 43.0 Å². The Bertz CT molecular complexity index is 2140. The second kappa shape index (κ2) is 29.5. The van der Waals surface area contributed by atoms with E-state index in [2.05, 4.69) is 37.2 Å². The third kappa shape index (κ3) is 21.7. The van der Waals surface area contributed by atoms with E-state index in [-0.39, 0.29) is 31.6 Å². The van der Waals surface area contributed by atoms with Crippen LogP contribution in [0.1, 0.15) is 90.7 Å². The summed E-state index contributed by atoms with van der Waals surface area (Å²) in [6.07, 6.45) is -3.66. The van der Waals surface area contributed by atoms with Gasteiger partial charge in [0.05, 0.1) is 6.04 Å². The minimum atomic E-state index is -1.71. The molecule has 0 aliphatic heterocycles. The molecule has 2 aromatic rings. The average molecular weight is 983 g/mol. The highest BCUT2D eigenvalue weighted by atomic mass is 16.4. The van der Waals surface area contributed by atoms with Crippen molar-refractivity contribution in [1.82, 2.24) is 37.2 Å². The van der Waals surface area contributed by atoms with E-state index >= 15 is 0 Å². The van der Waals surface area contributed by atoms with E-state index in [9.17, 15) is 73.2 Å². The quantitative estimate of drug-likeness (QED) is 0.0457. The van der Waals surface area contributed by atoms with Gasteiger partial charge in [-0.1, -0.05) is 88.4 Å². The number of aliphatic carboxylic acids is 4. The van der Waals surface area contributed by atoms with E-state index in [4.69, 9.17) is 5.73 Å². The monoisotopic (exact) mass is 982 g/mol. The lowest BCUT2D eigenvalue weighted by Crippen LogP contribution is -2.61. The molecule has 0 aromatic heterocycles. The first-order chi connectivity index (χ1) is 32.9. The highest BCUT2D eigenvalue weighted by Gasteiger charge is 2.36. The van der Waals surface area contributed by atoms with Crippen molar-refractivity contribution < 1.29 is 73.2 Å². The van der Waals surface area contributed by atoms with Crippen LogP contribution in [-0.4, -0.2) is 134 Å². The molecule has 0 unspecified atom stereocenters. The van der Waals surface area contributed by atoms with Gasteiger partial charge in [0.15, 0.2) is 0 Å². The van der Waals surface area contributed by atoms with Gasteiger partial charge in [0.1, 0.15) is 42.3 Å². The fourth-order valence-corrected chi connectivity index (χ4v) is 6.86. The summed E-state index contributed by atoms with van der Waals surface area (Å²) in [5.41, 5.74) is 6.69. The topological polar surface area (TPSA) is 379 Å². The van der Waals surface area contributed by atoms with Gasteiger partial charge in [0.25, 0.3) is 0 Å². The number of nitrogens with one attached hydrogen (secondary N) is 7. The molecule has 7 amide bonds. The number of hydrogen-bond donors (Lipinski definition) is 12. The molecule has 0 radical (unpaired) electrons. The Morgan fingerprint density at radius 2 is 0.757 bits per heavy atom. The molecule has 0 spiro atoms. The first-order valence-electron chi connectivity index (χ1n) is 22.7. The smallest absolute Gasteiger partial charge is 0.326 e. The van der Waals surface area contributed by atoms with Crippen LogP contribution in [0.15, 0.2) is 60.7 Å². The van der Waals surface area contributed by atoms with Crippen molar-refractivity contribution in [1.29, 1.82) is 0 Å². The second-order valence-electron chi connectivity index (χ2n) is 17.5. The van der Waals surface area contributed by atoms with Crippen molar-refractivity contribution in [2.75, 3.05) is 0 Å². The van der Waals surface area contributed by atoms with Gasteiger partial charge in [-0.15, -0.1) is 0 Å². The maximum Gasteiger partial charge on any atom is 0.326 e. The highest BCUT2D eigenvalue weighted by molar-refractivity contribution is 5.98. The number of carboxylic acids is 4. The van der Waals surface area contributed by atoms with Gasteiger partial charge in [-0.05, 0) is 55.6 Å². The molecule has 23 nitrogen and oxygen atoms in total. The minimum absolute atomic E-state index is 0.000778. The Morgan fingerprint density at radius 3 is 1.13 bits per heavy atom. The molecule has 0 fully saturated rings. The minimum Gasteiger partial charge on any atom is -0.481 e. The molecule has 2 rings (SSSR count). The molecule has 13 N–H and O–H groups in total. The van der Waals surface area contributed by atoms with Gasteiger partial charge >= 0.3 is 23.9 Å². The molecule has 384 valence electrons. The number of hydrogen-bond acceptors (Lipinski definition) is 12. The lowest BCUT2D eigenvalue weighted by atomic mass is 9.98. The van der Waals surface area contributed by atoms with E-state index in [1.54, 1.807) is 88.4 Å². The zero-order valence-corrected chi connectivity index (χ0v) is 39.8. The Hall–Kier alpha value is -7.43. The zero-order chi connectivity index (χ0) is 52.7. The normalized spacial score (nSPS) is 14.5. The van der Waals surface area contributed by atoms with E-state index in [0.29, 0.717) is 11.1 Å². The van der Waals surface area contributed by atoms with Crippen molar-refractivity contribution in [3.8, 4) is 0 Å². The van der Waals surface area contributed by atoms with Crippen LogP contribution in [0.4, 0.5) is 0 Å². The van der Waals surface area contributed by atoms with Crippen LogP contribution >= 0.6 is 0 Å². The van der Waals surface area contributed by atoms with Crippen molar-refractivity contribution in [3.05, 3.63) is 71.8 Å². The molecule has 0 aliphatic carbocycles. The number of nitrogens with two attached hydrogens (primary N) is 1. The molecular weight excluding hydrogens is 917 g/mol. The van der Waals surface area contributed by atoms with Crippen molar-refractivity contribution >= 4 is 65.2 Å². The van der Waals surface area contributed by atoms with Gasteiger partial charge in [-0.2, -0.15) is 0 Å². The number of carbonyl (C=O) groups is 11. The molecule has 8 atom stereocenters. The summed E-state index contributed by atoms with van der Waals surface area (Å²) in [5, 5.41) is 55.3. The van der Waals surface area contributed by atoms with Crippen LogP contribution in [0.3, 0.4) is 0 Å². The number of rotatable bonds is 31. The van der Waals surface area contributed by atoms with Crippen molar-refractivity contribution in [2.45, 2.75) is 141 Å². The van der Waals surface area contributed by atoms with Gasteiger partial charge in [0, 0.05) is 32.1 Å². The van der Waals surface area contributed by atoms with E-state index < -0.39 is 152 Å². The predicted octanol–water partition coefficient (Wildman–Crippen LogP) is -0.406. The van der Waals surface area contributed by atoms with Crippen LogP contribution in [0.5, 0.6) is 0 Å². The van der Waals surface area contributed by atoms with Gasteiger partial charge in [-0.3, -0.25) is 47.9 Å². The van der Waals surface area contributed by atoms with Gasteiger partial charge < -0.3 is 63.4 Å². The van der Waals surface area contributed by atoms with Crippen LogP contribution in [-0.2, 0) is 65.6 Å². The fraction of sp³-hybridized carbons (Fsp3) is 0.511. The van der Waals surface area contributed by atoms with Gasteiger partial charge in [-0.25, -0.2) is 4.79 Å². The third-order valence-electron chi connectivity index (χ3n) is 10.7. The Labute approximate surface area is 404 Å². The lowest BCUT2D eigenvalue weighted by molar-refractivity contribution is -0.143. The summed E-state index contributed by atoms with van der Waals surface area (Å²) >= 11 is 0. The summed E-state index contributed by atoms with van der Waals surface area (Å²) in [4.78, 5) is 142. The van der Waals surface area contributed by atoms with E-state index in [1.165, 1.54) is 6.92 Å². The van der Waals surface area contributed by atoms with Crippen LogP contribution in [0.25, 0.3) is 0 Å². The molecular formula is C47H66N8O15. The molecule has 70 heavy (non-hydrogen) atoms. The highest BCUT2D eigenvalue weighted by Crippen LogP contribution is 2.13. The SMILES string of the molecule is CC(C)C[C@H](NC(=O)[C@@H](NC(=O)[C@H](CCC(=O)O)NC(=O)[C@H](C)N)C(C)C)C(=O)N[C@@H](Cc1ccccc1)C(=O)N[C@@H](CCC(=O)O)C(=O)N[C@@H](CCC(=O)O)C(=O)N[C@@H](Cc1ccccc1)C(=O)O. The largest absolute Gasteiger partial charge is 0.481 e. The summed E-state index contributed by atoms with van der Waals surface area (Å²) < 4.78 is 0. The standard InChI is InChI=1S/C47H66N8O15/c1-25(2)22-33(53-46(68)39(26(3)4)55-43(65)32(18-21-38(60)61)49-40(62)27(5)48)44(66)52-34(23-28-12-8-6-9-13-28)45(67)51-30(16-19-36(56)57)41(63)50-31(17-20-37(58)59)42(64)54-35(47(69)70)24-29-14-10-7-11-15-29/h6-15,25-27,30-35,39H,16-24,48H2,1-5H3,(H,49,62)(H,50,63)(H,51,67)(H,52,66)(H,53,68)(H,54,64)(H,55,65)(H,56,57)(H,58,59)(H,60,61)(H,69,70)/t27-,30-,31-,32-,33-,34-,35-,39-/m0/s1. The second-order valence-corrected chi connectivity index (χ2v) is 17.5. The molecule has 23 heteroatoms. The maximum atomic E-state index is 14.2. The molecule has 0 aliphatic rings. The zero-order valence-electron chi connectivity index (χ0n) is 39.8. The number of carbonyl (C=O) groups excluding carboxylic acids is 7. The maximum absolute atomic E-state index is 14.2. The molecule has 0 saturated heterocycles. The van der Waals surface area contributed by atoms with Crippen LogP contribution in [0.2, 0.25) is 0 Å². The first kappa shape index (κ1) is 58.7. The average Bonchev–Trinajstić information content (AvgIpc) is 3.28.